The van der Waals surface area contributed by atoms with Crippen LogP contribution in [0.3, 0.4) is 0 Å². The number of aryl methyl sites for hydroxylation is 1. The summed E-state index contributed by atoms with van der Waals surface area (Å²) in [5.41, 5.74) is 0. The maximum absolute atomic E-state index is 4.17. The van der Waals surface area contributed by atoms with Gasteiger partial charge in [-0.3, -0.25) is 0 Å². The molecule has 0 aliphatic heterocycles. The minimum absolute atomic E-state index is 0.769. The predicted octanol–water partition coefficient (Wildman–Crippen LogP) is 1.44. The molecule has 0 saturated heterocycles. The monoisotopic (exact) mass is 226 g/mol. The van der Waals surface area contributed by atoms with Crippen molar-refractivity contribution in [3.8, 4) is 0 Å². The molecule has 0 unspecified atom stereocenters. The molecule has 0 spiro atoms. The van der Waals surface area contributed by atoms with Crippen LogP contribution >= 0.6 is 11.8 Å². The zero-order valence-electron chi connectivity index (χ0n) is 9.15. The van der Waals surface area contributed by atoms with Crippen molar-refractivity contribution in [2.45, 2.75) is 36.9 Å². The number of thioether (sulfide) groups is 1. The van der Waals surface area contributed by atoms with E-state index in [0.717, 1.165) is 23.5 Å². The molecule has 0 atom stereocenters. The standard InChI is InChI=1S/C10H18N4S/c1-14-10(12-8-13-14)15-7-6-11-9-4-2-3-5-9/h8-9,11H,2-7H2,1H3. The molecular weight excluding hydrogens is 208 g/mol. The van der Waals surface area contributed by atoms with Gasteiger partial charge in [0.2, 0.25) is 0 Å². The van der Waals surface area contributed by atoms with E-state index in [2.05, 4.69) is 15.4 Å². The fourth-order valence-electron chi connectivity index (χ4n) is 1.95. The summed E-state index contributed by atoms with van der Waals surface area (Å²) in [7, 11) is 1.93. The zero-order valence-corrected chi connectivity index (χ0v) is 9.96. The van der Waals surface area contributed by atoms with Crippen LogP contribution in [0.5, 0.6) is 0 Å². The Morgan fingerprint density at radius 3 is 3.00 bits per heavy atom. The first-order chi connectivity index (χ1) is 7.36. The van der Waals surface area contributed by atoms with Crippen molar-refractivity contribution in [1.82, 2.24) is 20.1 Å². The molecule has 0 bridgehead atoms. The normalized spacial score (nSPS) is 17.4. The third-order valence-corrected chi connectivity index (χ3v) is 3.83. The Bertz CT molecular complexity index is 293. The lowest BCUT2D eigenvalue weighted by molar-refractivity contribution is 0.544. The largest absolute Gasteiger partial charge is 0.313 e. The molecule has 0 radical (unpaired) electrons. The molecule has 4 nitrogen and oxygen atoms in total. The molecule has 84 valence electrons. The van der Waals surface area contributed by atoms with Crippen molar-refractivity contribution in [2.75, 3.05) is 12.3 Å². The summed E-state index contributed by atoms with van der Waals surface area (Å²) in [6.07, 6.45) is 7.11. The van der Waals surface area contributed by atoms with Gasteiger partial charge in [0.25, 0.3) is 0 Å². The van der Waals surface area contributed by atoms with Crippen LogP contribution in [0.4, 0.5) is 0 Å². The third-order valence-electron chi connectivity index (χ3n) is 2.79. The maximum atomic E-state index is 4.17. The number of nitrogens with one attached hydrogen (secondary N) is 1. The van der Waals surface area contributed by atoms with Crippen molar-refractivity contribution in [2.24, 2.45) is 7.05 Å². The molecule has 2 rings (SSSR count). The van der Waals surface area contributed by atoms with Crippen LogP contribution in [0.1, 0.15) is 25.7 Å². The maximum Gasteiger partial charge on any atom is 0.185 e. The smallest absolute Gasteiger partial charge is 0.185 e. The molecule has 0 aromatic carbocycles. The van der Waals surface area contributed by atoms with Gasteiger partial charge in [0.15, 0.2) is 5.16 Å². The number of nitrogens with zero attached hydrogens (tertiary/aromatic N) is 3. The van der Waals surface area contributed by atoms with Gasteiger partial charge in [-0.2, -0.15) is 5.10 Å². The van der Waals surface area contributed by atoms with Crippen LogP contribution in [0, 0.1) is 0 Å². The lowest BCUT2D eigenvalue weighted by Crippen LogP contribution is -2.28. The van der Waals surface area contributed by atoms with E-state index < -0.39 is 0 Å². The van der Waals surface area contributed by atoms with Gasteiger partial charge in [-0.15, -0.1) is 0 Å². The second-order valence-electron chi connectivity index (χ2n) is 3.95. The second kappa shape index (κ2) is 5.51. The highest BCUT2D eigenvalue weighted by molar-refractivity contribution is 7.99. The Morgan fingerprint density at radius 1 is 1.53 bits per heavy atom. The van der Waals surface area contributed by atoms with Gasteiger partial charge >= 0.3 is 0 Å². The van der Waals surface area contributed by atoms with Gasteiger partial charge in [0.1, 0.15) is 6.33 Å². The number of rotatable bonds is 5. The van der Waals surface area contributed by atoms with Crippen LogP contribution in [0.2, 0.25) is 0 Å². The summed E-state index contributed by atoms with van der Waals surface area (Å²) in [6.45, 7) is 1.07. The lowest BCUT2D eigenvalue weighted by atomic mass is 10.2. The average molecular weight is 226 g/mol. The SMILES string of the molecule is Cn1ncnc1SCCNC1CCCC1. The van der Waals surface area contributed by atoms with Crippen LogP contribution < -0.4 is 5.32 Å². The fourth-order valence-corrected chi connectivity index (χ4v) is 2.71. The summed E-state index contributed by atoms with van der Waals surface area (Å²) in [5, 5.41) is 8.63. The minimum atomic E-state index is 0.769. The first-order valence-corrected chi connectivity index (χ1v) is 6.55. The van der Waals surface area contributed by atoms with Crippen LogP contribution in [-0.4, -0.2) is 33.1 Å². The number of hydrogen-bond donors (Lipinski definition) is 1. The molecule has 5 heteroatoms. The summed E-state index contributed by atoms with van der Waals surface area (Å²) < 4.78 is 1.82. The van der Waals surface area contributed by atoms with Gasteiger partial charge in [0.05, 0.1) is 0 Å². The van der Waals surface area contributed by atoms with Crippen LogP contribution in [0.25, 0.3) is 0 Å². The molecule has 0 amide bonds. The summed E-state index contributed by atoms with van der Waals surface area (Å²) in [5.74, 6) is 1.07. The molecule has 1 N–H and O–H groups in total. The van der Waals surface area contributed by atoms with E-state index in [1.807, 2.05) is 11.7 Å². The Hall–Kier alpha value is -0.550. The third kappa shape index (κ3) is 3.21. The van der Waals surface area contributed by atoms with Gasteiger partial charge in [-0.05, 0) is 12.8 Å². The Balaban J connectivity index is 1.60. The van der Waals surface area contributed by atoms with Crippen molar-refractivity contribution < 1.29 is 0 Å². The van der Waals surface area contributed by atoms with E-state index in [4.69, 9.17) is 0 Å². The zero-order chi connectivity index (χ0) is 10.5. The van der Waals surface area contributed by atoms with Crippen LogP contribution in [0.15, 0.2) is 11.5 Å². The van der Waals surface area contributed by atoms with Crippen molar-refractivity contribution >= 4 is 11.8 Å². The van der Waals surface area contributed by atoms with Gasteiger partial charge < -0.3 is 5.32 Å². The molecule has 1 saturated carbocycles. The second-order valence-corrected chi connectivity index (χ2v) is 5.01. The van der Waals surface area contributed by atoms with Crippen molar-refractivity contribution in [3.63, 3.8) is 0 Å². The lowest BCUT2D eigenvalue weighted by Gasteiger charge is -2.10. The van der Waals surface area contributed by atoms with Gasteiger partial charge in [-0.25, -0.2) is 9.67 Å². The molecule has 15 heavy (non-hydrogen) atoms. The first kappa shape index (κ1) is 11.0. The Labute approximate surface area is 94.8 Å². The molecule has 1 aliphatic rings. The molecule has 1 aliphatic carbocycles. The molecule has 1 aromatic rings. The predicted molar refractivity (Wildman–Crippen MR) is 62.0 cm³/mol. The van der Waals surface area contributed by atoms with Gasteiger partial charge in [-0.1, -0.05) is 24.6 Å². The summed E-state index contributed by atoms with van der Waals surface area (Å²) in [6, 6.07) is 0.769. The Kier molecular flexibility index (Phi) is 4.02. The molecule has 1 fully saturated rings. The van der Waals surface area contributed by atoms with E-state index in [-0.39, 0.29) is 0 Å². The summed E-state index contributed by atoms with van der Waals surface area (Å²) in [4.78, 5) is 4.17. The topological polar surface area (TPSA) is 42.7 Å². The fraction of sp³-hybridized carbons (Fsp3) is 0.800. The molecule has 1 heterocycles. The highest BCUT2D eigenvalue weighted by Crippen LogP contribution is 2.18. The van der Waals surface area contributed by atoms with E-state index in [1.165, 1.54) is 25.7 Å². The number of hydrogen-bond acceptors (Lipinski definition) is 4. The average Bonchev–Trinajstić information content (AvgIpc) is 2.85. The first-order valence-electron chi connectivity index (χ1n) is 5.56. The quantitative estimate of drug-likeness (QED) is 0.609. The van der Waals surface area contributed by atoms with Crippen LogP contribution in [-0.2, 0) is 7.05 Å². The van der Waals surface area contributed by atoms with Crippen molar-refractivity contribution in [3.05, 3.63) is 6.33 Å². The van der Waals surface area contributed by atoms with Gasteiger partial charge in [0, 0.05) is 25.4 Å². The minimum Gasteiger partial charge on any atom is -0.313 e. The Morgan fingerprint density at radius 2 is 2.33 bits per heavy atom. The molecule has 1 aromatic heterocycles. The number of aromatic nitrogens is 3. The van der Waals surface area contributed by atoms with E-state index in [1.54, 1.807) is 18.1 Å². The summed E-state index contributed by atoms with van der Waals surface area (Å²) >= 11 is 1.76. The van der Waals surface area contributed by atoms with E-state index in [9.17, 15) is 0 Å². The van der Waals surface area contributed by atoms with E-state index >= 15 is 0 Å². The highest BCUT2D eigenvalue weighted by Gasteiger charge is 2.13. The van der Waals surface area contributed by atoms with E-state index in [0.29, 0.717) is 0 Å². The van der Waals surface area contributed by atoms with Crippen molar-refractivity contribution in [1.29, 1.82) is 0 Å². The highest BCUT2D eigenvalue weighted by atomic mass is 32.2. The molecular formula is C10H18N4S.